The second kappa shape index (κ2) is 11.1. The molecule has 2 nitrogen and oxygen atoms in total. The minimum Gasteiger partial charge on any atom is -0.456 e. The summed E-state index contributed by atoms with van der Waals surface area (Å²) in [6.07, 6.45) is 2.02. The Morgan fingerprint density at radius 2 is 1.26 bits per heavy atom. The molecule has 1 aliphatic carbocycles. The summed E-state index contributed by atoms with van der Waals surface area (Å²) in [5, 5.41) is 4.84. The Morgan fingerprint density at radius 1 is 0.560 bits per heavy atom. The number of benzene rings is 7. The predicted molar refractivity (Wildman–Crippen MR) is 213 cm³/mol. The second-order valence-electron chi connectivity index (χ2n) is 13.9. The van der Waals surface area contributed by atoms with Crippen LogP contribution in [-0.2, 0) is 12.0 Å². The first-order valence-electron chi connectivity index (χ1n) is 17.2. The lowest BCUT2D eigenvalue weighted by Crippen LogP contribution is -2.15. The van der Waals surface area contributed by atoms with E-state index in [2.05, 4.69) is 159 Å². The van der Waals surface area contributed by atoms with E-state index in [0.717, 1.165) is 27.5 Å². The Hall–Kier alpha value is -5.77. The maximum Gasteiger partial charge on any atom is 0.136 e. The van der Waals surface area contributed by atoms with Gasteiger partial charge in [-0.25, -0.2) is 0 Å². The molecule has 3 heteroatoms. The highest BCUT2D eigenvalue weighted by Gasteiger charge is 2.35. The molecule has 0 fully saturated rings. The third kappa shape index (κ3) is 4.43. The van der Waals surface area contributed by atoms with Gasteiger partial charge in [0.2, 0.25) is 0 Å². The van der Waals surface area contributed by atoms with Crippen LogP contribution in [0.3, 0.4) is 0 Å². The average Bonchev–Trinajstić information content (AvgIpc) is 3.80. The van der Waals surface area contributed by atoms with Crippen molar-refractivity contribution >= 4 is 59.7 Å². The van der Waals surface area contributed by atoms with E-state index in [1.807, 2.05) is 17.6 Å². The summed E-state index contributed by atoms with van der Waals surface area (Å²) in [7, 11) is 0. The molecule has 50 heavy (non-hydrogen) atoms. The van der Waals surface area contributed by atoms with Crippen LogP contribution in [0.4, 0.5) is 0 Å². The predicted octanol–water partition coefficient (Wildman–Crippen LogP) is 13.2. The summed E-state index contributed by atoms with van der Waals surface area (Å²) in [6, 6.07) is 52.7. The number of thiophene rings is 1. The van der Waals surface area contributed by atoms with Gasteiger partial charge in [0.15, 0.2) is 0 Å². The number of hydrogen-bond acceptors (Lipinski definition) is 3. The van der Waals surface area contributed by atoms with Crippen molar-refractivity contribution in [2.45, 2.75) is 25.8 Å². The van der Waals surface area contributed by atoms with Gasteiger partial charge in [0.05, 0.1) is 6.54 Å². The lowest BCUT2D eigenvalue weighted by Gasteiger charge is -2.21. The molecule has 7 aromatic carbocycles. The maximum absolute atomic E-state index is 6.41. The van der Waals surface area contributed by atoms with Crippen LogP contribution in [0.2, 0.25) is 0 Å². The summed E-state index contributed by atoms with van der Waals surface area (Å²) >= 11 is 1.86. The first-order chi connectivity index (χ1) is 24.5. The molecule has 0 N–H and O–H groups in total. The van der Waals surface area contributed by atoms with Crippen molar-refractivity contribution in [2.24, 2.45) is 4.99 Å². The van der Waals surface area contributed by atoms with E-state index in [4.69, 9.17) is 9.41 Å². The van der Waals surface area contributed by atoms with Crippen molar-refractivity contribution in [3.05, 3.63) is 168 Å². The molecule has 0 bridgehead atoms. The zero-order valence-corrected chi connectivity index (χ0v) is 28.7. The van der Waals surface area contributed by atoms with Crippen LogP contribution in [-0.4, -0.2) is 6.21 Å². The normalized spacial score (nSPS) is 13.6. The van der Waals surface area contributed by atoms with E-state index < -0.39 is 0 Å². The van der Waals surface area contributed by atoms with Gasteiger partial charge in [-0.2, -0.15) is 0 Å². The molecule has 0 amide bonds. The molecule has 9 aromatic rings. The first kappa shape index (κ1) is 29.2. The van der Waals surface area contributed by atoms with Gasteiger partial charge in [0.1, 0.15) is 11.2 Å². The molecule has 0 aliphatic heterocycles. The van der Waals surface area contributed by atoms with Gasteiger partial charge in [-0.1, -0.05) is 129 Å². The molecular formula is C47H33NOS. The van der Waals surface area contributed by atoms with Crippen LogP contribution in [0.5, 0.6) is 0 Å². The third-order valence-electron chi connectivity index (χ3n) is 10.6. The van der Waals surface area contributed by atoms with Gasteiger partial charge in [-0.3, -0.25) is 4.99 Å². The maximum atomic E-state index is 6.41. The van der Waals surface area contributed by atoms with Crippen LogP contribution < -0.4 is 0 Å². The van der Waals surface area contributed by atoms with E-state index in [0.29, 0.717) is 6.54 Å². The molecule has 0 spiro atoms. The van der Waals surface area contributed by atoms with Crippen molar-refractivity contribution in [1.82, 2.24) is 0 Å². The van der Waals surface area contributed by atoms with Crippen LogP contribution in [0.1, 0.15) is 36.1 Å². The minimum atomic E-state index is -0.0204. The smallest absolute Gasteiger partial charge is 0.136 e. The van der Waals surface area contributed by atoms with E-state index in [1.165, 1.54) is 70.2 Å². The quantitative estimate of drug-likeness (QED) is 0.169. The molecule has 0 atom stereocenters. The Balaban J connectivity index is 1.05. The Bertz CT molecular complexity index is 2820. The molecule has 2 heterocycles. The zero-order valence-electron chi connectivity index (χ0n) is 27.9. The number of nitrogens with zero attached hydrogens (tertiary/aromatic N) is 1. The van der Waals surface area contributed by atoms with Gasteiger partial charge < -0.3 is 4.42 Å². The monoisotopic (exact) mass is 659 g/mol. The number of aliphatic imine (C=N–C) groups is 1. The number of rotatable bonds is 5. The van der Waals surface area contributed by atoms with Gasteiger partial charge in [-0.15, -0.1) is 11.3 Å². The van der Waals surface area contributed by atoms with Crippen LogP contribution in [0.15, 0.2) is 155 Å². The Morgan fingerprint density at radius 3 is 2.08 bits per heavy atom. The fourth-order valence-electron chi connectivity index (χ4n) is 8.19. The fourth-order valence-corrected chi connectivity index (χ4v) is 9.35. The van der Waals surface area contributed by atoms with Crippen LogP contribution in [0, 0.1) is 0 Å². The van der Waals surface area contributed by atoms with Crippen molar-refractivity contribution in [3.8, 4) is 33.4 Å². The highest BCUT2D eigenvalue weighted by atomic mass is 32.1. The molecule has 238 valence electrons. The van der Waals surface area contributed by atoms with Gasteiger partial charge >= 0.3 is 0 Å². The van der Waals surface area contributed by atoms with Crippen molar-refractivity contribution in [1.29, 1.82) is 0 Å². The summed E-state index contributed by atoms with van der Waals surface area (Å²) in [4.78, 5) is 4.99. The molecule has 10 rings (SSSR count). The summed E-state index contributed by atoms with van der Waals surface area (Å²) in [6.45, 7) is 5.27. The van der Waals surface area contributed by atoms with Crippen molar-refractivity contribution < 1.29 is 4.42 Å². The standard InChI is InChI=1S/C47H33NOS/c1-47(2)38-17-7-6-14-35(38)36-23-21-29(25-39(36)47)27-48-28-32-13-8-18-41-44(32)37-26-31(22-24-40(37)49-41)34-16-10-20-43-46(34)45-33(15-9-19-42(45)50-43)30-11-4-3-5-12-30/h3-26,28H,27H2,1-2H3. The summed E-state index contributed by atoms with van der Waals surface area (Å²) < 4.78 is 9.01. The van der Waals surface area contributed by atoms with Crippen LogP contribution in [0.25, 0.3) is 75.5 Å². The van der Waals surface area contributed by atoms with Gasteiger partial charge in [0, 0.05) is 48.1 Å². The molecule has 2 aromatic heterocycles. The average molecular weight is 660 g/mol. The molecule has 0 radical (unpaired) electrons. The number of fused-ring (bicyclic) bond motifs is 9. The highest BCUT2D eigenvalue weighted by molar-refractivity contribution is 7.26. The Kier molecular flexibility index (Phi) is 6.49. The van der Waals surface area contributed by atoms with Crippen molar-refractivity contribution in [3.63, 3.8) is 0 Å². The van der Waals surface area contributed by atoms with E-state index in [9.17, 15) is 0 Å². The van der Waals surface area contributed by atoms with Gasteiger partial charge in [0.25, 0.3) is 0 Å². The molecule has 0 saturated carbocycles. The third-order valence-corrected chi connectivity index (χ3v) is 11.7. The van der Waals surface area contributed by atoms with E-state index in [1.54, 1.807) is 0 Å². The molecule has 0 saturated heterocycles. The largest absolute Gasteiger partial charge is 0.456 e. The fraction of sp³-hybridized carbons (Fsp3) is 0.0851. The van der Waals surface area contributed by atoms with Crippen molar-refractivity contribution in [2.75, 3.05) is 0 Å². The first-order valence-corrected chi connectivity index (χ1v) is 18.0. The highest BCUT2D eigenvalue weighted by Crippen LogP contribution is 2.49. The number of furan rings is 1. The lowest BCUT2D eigenvalue weighted by atomic mass is 9.82. The molecular weight excluding hydrogens is 627 g/mol. The minimum absolute atomic E-state index is 0.0204. The SMILES string of the molecule is CC1(C)c2ccccc2-c2ccc(CN=Cc3cccc4oc5ccc(-c6cccc7sc8cccc(-c9ccccc9)c8c67)cc5c34)cc21. The van der Waals surface area contributed by atoms with E-state index in [-0.39, 0.29) is 5.41 Å². The van der Waals surface area contributed by atoms with Gasteiger partial charge in [-0.05, 0) is 80.4 Å². The Labute approximate surface area is 295 Å². The summed E-state index contributed by atoms with van der Waals surface area (Å²) in [5.41, 5.74) is 14.4. The van der Waals surface area contributed by atoms with E-state index >= 15 is 0 Å². The molecule has 1 aliphatic rings. The zero-order chi connectivity index (χ0) is 33.4. The molecule has 0 unspecified atom stereocenters. The second-order valence-corrected chi connectivity index (χ2v) is 15.0. The summed E-state index contributed by atoms with van der Waals surface area (Å²) in [5.74, 6) is 0. The number of hydrogen-bond donors (Lipinski definition) is 0. The topological polar surface area (TPSA) is 25.5 Å². The lowest BCUT2D eigenvalue weighted by molar-refractivity contribution is 0.659. The van der Waals surface area contributed by atoms with Crippen LogP contribution >= 0.6 is 11.3 Å².